The summed E-state index contributed by atoms with van der Waals surface area (Å²) in [7, 11) is 0. The van der Waals surface area contributed by atoms with Crippen molar-refractivity contribution >= 4 is 11.6 Å². The number of aryl methyl sites for hydroxylation is 1. The lowest BCUT2D eigenvalue weighted by molar-refractivity contribution is -0.130. The molecule has 21 heavy (non-hydrogen) atoms. The van der Waals surface area contributed by atoms with Crippen LogP contribution in [0.4, 0.5) is 5.69 Å². The normalized spacial score (nSPS) is 13.4. The van der Waals surface area contributed by atoms with Crippen LogP contribution in [0.25, 0.3) is 0 Å². The van der Waals surface area contributed by atoms with Gasteiger partial charge in [0.05, 0.1) is 0 Å². The van der Waals surface area contributed by atoms with Gasteiger partial charge in [-0.1, -0.05) is 18.2 Å². The van der Waals surface area contributed by atoms with Gasteiger partial charge in [0.2, 0.25) is 5.91 Å². The van der Waals surface area contributed by atoms with Crippen molar-refractivity contribution in [1.29, 1.82) is 0 Å². The third-order valence-electron chi connectivity index (χ3n) is 4.11. The fraction of sp³-hybridized carbons (Fsp3) is 0.588. The van der Waals surface area contributed by atoms with Crippen molar-refractivity contribution in [2.75, 3.05) is 31.5 Å². The summed E-state index contributed by atoms with van der Waals surface area (Å²) in [5.74, 6) is 0.237. The zero-order chi connectivity index (χ0) is 15.1. The van der Waals surface area contributed by atoms with E-state index in [1.165, 1.54) is 23.2 Å². The van der Waals surface area contributed by atoms with Crippen molar-refractivity contribution in [1.82, 2.24) is 10.2 Å². The van der Waals surface area contributed by atoms with Crippen LogP contribution in [0.5, 0.6) is 0 Å². The van der Waals surface area contributed by atoms with Crippen LogP contribution in [0.3, 0.4) is 0 Å². The molecule has 0 spiro atoms. The number of hydrogen-bond acceptors (Lipinski definition) is 3. The number of amides is 1. The molecular weight excluding hydrogens is 262 g/mol. The van der Waals surface area contributed by atoms with Crippen molar-refractivity contribution in [3.8, 4) is 0 Å². The minimum Gasteiger partial charge on any atom is -0.385 e. The van der Waals surface area contributed by atoms with Gasteiger partial charge >= 0.3 is 0 Å². The fourth-order valence-corrected chi connectivity index (χ4v) is 2.88. The van der Waals surface area contributed by atoms with E-state index in [9.17, 15) is 4.79 Å². The summed E-state index contributed by atoms with van der Waals surface area (Å²) in [6.45, 7) is 8.26. The van der Waals surface area contributed by atoms with Crippen molar-refractivity contribution in [2.24, 2.45) is 0 Å². The van der Waals surface area contributed by atoms with Crippen LogP contribution in [0.1, 0.15) is 37.8 Å². The van der Waals surface area contributed by atoms with Crippen LogP contribution in [0, 0.1) is 0 Å². The van der Waals surface area contributed by atoms with Crippen molar-refractivity contribution in [2.45, 2.75) is 39.7 Å². The molecule has 0 unspecified atom stereocenters. The molecule has 1 aromatic carbocycles. The number of para-hydroxylation sites is 1. The highest BCUT2D eigenvalue weighted by molar-refractivity contribution is 5.76. The fourth-order valence-electron chi connectivity index (χ4n) is 2.88. The van der Waals surface area contributed by atoms with E-state index in [0.717, 1.165) is 39.1 Å². The first kappa shape index (κ1) is 15.8. The first-order valence-electron chi connectivity index (χ1n) is 8.09. The summed E-state index contributed by atoms with van der Waals surface area (Å²) in [6, 6.07) is 6.50. The molecule has 1 aliphatic rings. The van der Waals surface area contributed by atoms with Gasteiger partial charge in [0.1, 0.15) is 0 Å². The lowest BCUT2D eigenvalue weighted by Gasteiger charge is -2.22. The molecule has 1 aliphatic heterocycles. The maximum absolute atomic E-state index is 11.9. The first-order valence-corrected chi connectivity index (χ1v) is 8.09. The molecule has 0 saturated carbocycles. The van der Waals surface area contributed by atoms with E-state index in [4.69, 9.17) is 0 Å². The largest absolute Gasteiger partial charge is 0.385 e. The zero-order valence-electron chi connectivity index (χ0n) is 13.2. The highest BCUT2D eigenvalue weighted by Gasteiger charge is 2.12. The van der Waals surface area contributed by atoms with E-state index in [0.29, 0.717) is 6.42 Å². The Bertz CT molecular complexity index is 469. The third-order valence-corrected chi connectivity index (χ3v) is 4.11. The molecule has 1 aromatic rings. The van der Waals surface area contributed by atoms with Crippen molar-refractivity contribution in [3.63, 3.8) is 0 Å². The molecule has 0 aliphatic carbocycles. The molecule has 2 N–H and O–H groups in total. The van der Waals surface area contributed by atoms with Gasteiger partial charge in [0.25, 0.3) is 0 Å². The average molecular weight is 289 g/mol. The second-order valence-electron chi connectivity index (χ2n) is 5.47. The molecule has 0 radical (unpaired) electrons. The number of hydrogen-bond donors (Lipinski definition) is 2. The van der Waals surface area contributed by atoms with Gasteiger partial charge in [-0.15, -0.1) is 0 Å². The summed E-state index contributed by atoms with van der Waals surface area (Å²) in [5, 5.41) is 6.90. The predicted octanol–water partition coefficient (Wildman–Crippen LogP) is 2.39. The summed E-state index contributed by atoms with van der Waals surface area (Å²) in [5.41, 5.74) is 4.02. The third kappa shape index (κ3) is 4.21. The lowest BCUT2D eigenvalue weighted by atomic mass is 9.99. The number of nitrogens with one attached hydrogen (secondary N) is 2. The monoisotopic (exact) mass is 289 g/mol. The van der Waals surface area contributed by atoms with E-state index in [-0.39, 0.29) is 5.91 Å². The number of carbonyl (C=O) groups excluding carboxylic acids is 1. The standard InChI is InChI=1S/C17H27N3O/c1-3-20(4-2)16(21)10-12-18-13-15-8-5-7-14-9-6-11-19-17(14)15/h5,7-8,18-19H,3-4,6,9-13H2,1-2H3. The van der Waals surface area contributed by atoms with E-state index < -0.39 is 0 Å². The highest BCUT2D eigenvalue weighted by atomic mass is 16.2. The number of rotatable bonds is 7. The molecule has 0 aromatic heterocycles. The van der Waals surface area contributed by atoms with Crippen molar-refractivity contribution in [3.05, 3.63) is 29.3 Å². The minimum absolute atomic E-state index is 0.237. The van der Waals surface area contributed by atoms with Crippen LogP contribution in [0.2, 0.25) is 0 Å². The Labute approximate surface area is 127 Å². The second kappa shape index (κ2) is 8.03. The molecule has 0 atom stereocenters. The molecule has 0 saturated heterocycles. The highest BCUT2D eigenvalue weighted by Crippen LogP contribution is 2.25. The smallest absolute Gasteiger partial charge is 0.223 e. The van der Waals surface area contributed by atoms with Crippen LogP contribution < -0.4 is 10.6 Å². The summed E-state index contributed by atoms with van der Waals surface area (Å²) < 4.78 is 0. The summed E-state index contributed by atoms with van der Waals surface area (Å²) in [4.78, 5) is 13.8. The maximum atomic E-state index is 11.9. The molecule has 1 amide bonds. The number of nitrogens with zero attached hydrogens (tertiary/aromatic N) is 1. The Morgan fingerprint density at radius 1 is 1.33 bits per heavy atom. The Morgan fingerprint density at radius 2 is 2.14 bits per heavy atom. The number of fused-ring (bicyclic) bond motifs is 1. The molecule has 0 fully saturated rings. The first-order chi connectivity index (χ1) is 10.3. The molecule has 2 rings (SSSR count). The predicted molar refractivity (Wildman–Crippen MR) is 87.5 cm³/mol. The molecule has 4 heteroatoms. The molecule has 0 bridgehead atoms. The van der Waals surface area contributed by atoms with E-state index in [2.05, 4.69) is 28.8 Å². The van der Waals surface area contributed by atoms with Gasteiger partial charge in [-0.05, 0) is 37.8 Å². The number of carbonyl (C=O) groups is 1. The van der Waals surface area contributed by atoms with E-state index in [1.807, 2.05) is 18.7 Å². The summed E-state index contributed by atoms with van der Waals surface area (Å²) >= 11 is 0. The second-order valence-corrected chi connectivity index (χ2v) is 5.47. The molecule has 116 valence electrons. The van der Waals surface area contributed by atoms with Gasteiger partial charge in [-0.25, -0.2) is 0 Å². The van der Waals surface area contributed by atoms with E-state index >= 15 is 0 Å². The van der Waals surface area contributed by atoms with Crippen LogP contribution >= 0.6 is 0 Å². The Kier molecular flexibility index (Phi) is 6.05. The minimum atomic E-state index is 0.237. The van der Waals surface area contributed by atoms with Gasteiger partial charge in [-0.3, -0.25) is 4.79 Å². The zero-order valence-corrected chi connectivity index (χ0v) is 13.2. The van der Waals surface area contributed by atoms with Crippen LogP contribution in [-0.2, 0) is 17.8 Å². The van der Waals surface area contributed by atoms with Crippen LogP contribution in [0.15, 0.2) is 18.2 Å². The van der Waals surface area contributed by atoms with Gasteiger partial charge in [-0.2, -0.15) is 0 Å². The lowest BCUT2D eigenvalue weighted by Crippen LogP contribution is -2.32. The average Bonchev–Trinajstić information content (AvgIpc) is 2.53. The topological polar surface area (TPSA) is 44.4 Å². The van der Waals surface area contributed by atoms with Crippen molar-refractivity contribution < 1.29 is 4.79 Å². The molecule has 4 nitrogen and oxygen atoms in total. The Morgan fingerprint density at radius 3 is 2.90 bits per heavy atom. The Hall–Kier alpha value is -1.55. The quantitative estimate of drug-likeness (QED) is 0.758. The van der Waals surface area contributed by atoms with Gasteiger partial charge in [0, 0.05) is 44.8 Å². The number of benzene rings is 1. The van der Waals surface area contributed by atoms with Gasteiger partial charge < -0.3 is 15.5 Å². The van der Waals surface area contributed by atoms with Gasteiger partial charge in [0.15, 0.2) is 0 Å². The van der Waals surface area contributed by atoms with E-state index in [1.54, 1.807) is 0 Å². The molecular formula is C17H27N3O. The molecule has 1 heterocycles. The Balaban J connectivity index is 1.80. The maximum Gasteiger partial charge on any atom is 0.223 e. The summed E-state index contributed by atoms with van der Waals surface area (Å²) in [6.07, 6.45) is 2.95. The number of anilines is 1. The van der Waals surface area contributed by atoms with Crippen LogP contribution in [-0.4, -0.2) is 37.0 Å². The SMILES string of the molecule is CCN(CC)C(=O)CCNCc1cccc2c1NCCC2.